The Labute approximate surface area is 627 Å². The standard InChI is InChI=1S/C96H82ClN3O/c1-94(2,3)73-56-79(98(77-44-30-43-76(97)62-77)92-83(68-35-20-12-21-36-68)58-74(95(4,5)6)59-84(92)69-37-22-13-23-38-69)63-80(57-73)100(93-85(70-39-24-14-25-40-70)60-75(96(7,8)9)61-86(93)71-41-26-15-27-42-71)90-54-50-78(64-91(90)101-81-51-47-67(48-52-81)65-31-16-10-17-32-65)99-88-46-29-28-45-82(88)87-55-72(49-53-89(87)99)66-33-18-11-19-34-66/h10-64H,1-9H3/i10D,11D,16D,17D,18D,19D,28D,29D,30D,31D,32D,33D,34D,43D,45D,49D,53D,55D,62D. The average Bonchev–Trinajstić information content (AvgIpc) is 1.52. The number of rotatable bonds is 15. The molecule has 0 aliphatic carbocycles. The lowest BCUT2D eigenvalue weighted by atomic mass is 9.81. The van der Waals surface area contributed by atoms with E-state index in [4.69, 9.17) is 31.4 Å². The maximum absolute atomic E-state index is 10.3. The molecule has 1 heterocycles. The maximum Gasteiger partial charge on any atom is 0.153 e. The molecule has 0 bridgehead atoms. The van der Waals surface area contributed by atoms with Crippen molar-refractivity contribution in [2.75, 3.05) is 9.80 Å². The Morgan fingerprint density at radius 3 is 1.31 bits per heavy atom. The lowest BCUT2D eigenvalue weighted by Gasteiger charge is -2.37. The smallest absolute Gasteiger partial charge is 0.153 e. The number of ether oxygens (including phenoxy) is 1. The Balaban J connectivity index is 1.14. The molecule has 0 spiro atoms. The first kappa shape index (κ1) is 46.8. The predicted octanol–water partition coefficient (Wildman–Crippen LogP) is 28.1. The predicted molar refractivity (Wildman–Crippen MR) is 430 cm³/mol. The van der Waals surface area contributed by atoms with Gasteiger partial charge in [0, 0.05) is 61.2 Å². The van der Waals surface area contributed by atoms with Crippen molar-refractivity contribution in [3.05, 3.63) is 355 Å². The zero-order valence-electron chi connectivity index (χ0n) is 76.4. The number of fused-ring (bicyclic) bond motifs is 3. The number of hydrogen-bond acceptors (Lipinski definition) is 3. The van der Waals surface area contributed by atoms with Crippen molar-refractivity contribution in [3.8, 4) is 83.9 Å². The minimum Gasteiger partial charge on any atom is -0.455 e. The fourth-order valence-corrected chi connectivity index (χ4v) is 13.1. The first-order valence-corrected chi connectivity index (χ1v) is 33.9. The summed E-state index contributed by atoms with van der Waals surface area (Å²) in [4.78, 5) is 4.07. The molecule has 0 saturated carbocycles. The summed E-state index contributed by atoms with van der Waals surface area (Å²) in [5, 5.41) is -0.558. The molecule has 0 radical (unpaired) electrons. The second kappa shape index (κ2) is 27.0. The normalized spacial score (nSPS) is 14.5. The number of hydrogen-bond donors (Lipinski definition) is 0. The second-order valence-electron chi connectivity index (χ2n) is 28.1. The first-order chi connectivity index (χ1) is 56.8. The van der Waals surface area contributed by atoms with Gasteiger partial charge in [0.1, 0.15) is 5.75 Å². The van der Waals surface area contributed by atoms with Crippen LogP contribution < -0.4 is 14.5 Å². The van der Waals surface area contributed by atoms with E-state index in [1.165, 1.54) is 16.7 Å². The molecule has 15 rings (SSSR count). The van der Waals surface area contributed by atoms with Crippen LogP contribution in [0.25, 0.3) is 94.3 Å². The summed E-state index contributed by atoms with van der Waals surface area (Å²) in [6, 6.07) is 58.7. The summed E-state index contributed by atoms with van der Waals surface area (Å²) in [5.74, 6) is 0.193. The minimum absolute atomic E-state index is 0.0238. The molecule has 0 atom stereocenters. The van der Waals surface area contributed by atoms with Gasteiger partial charge in [0.05, 0.1) is 59.8 Å². The fourth-order valence-electron chi connectivity index (χ4n) is 13.0. The van der Waals surface area contributed by atoms with Crippen LogP contribution in [0.15, 0.2) is 333 Å². The Bertz CT molecular complexity index is 6500. The lowest BCUT2D eigenvalue weighted by Crippen LogP contribution is -2.20. The van der Waals surface area contributed by atoms with Crippen LogP contribution in [0.3, 0.4) is 0 Å². The third kappa shape index (κ3) is 13.3. The van der Waals surface area contributed by atoms with E-state index in [9.17, 15) is 11.0 Å². The van der Waals surface area contributed by atoms with Gasteiger partial charge < -0.3 is 19.1 Å². The monoisotopic (exact) mass is 1350 g/mol. The first-order valence-electron chi connectivity index (χ1n) is 43.0. The van der Waals surface area contributed by atoms with Crippen LogP contribution in [0.5, 0.6) is 11.5 Å². The van der Waals surface area contributed by atoms with Gasteiger partial charge in [-0.2, -0.15) is 0 Å². The third-order valence-electron chi connectivity index (χ3n) is 18.2. The van der Waals surface area contributed by atoms with Gasteiger partial charge in [-0.1, -0.05) is 298 Å². The molecule has 0 fully saturated rings. The minimum atomic E-state index is -0.747. The molecule has 5 heteroatoms. The van der Waals surface area contributed by atoms with E-state index in [0.717, 1.165) is 61.2 Å². The fraction of sp³-hybridized carbons (Fsp3) is 0.125. The quantitative estimate of drug-likeness (QED) is 0.102. The van der Waals surface area contributed by atoms with Gasteiger partial charge in [-0.05, 0) is 180 Å². The van der Waals surface area contributed by atoms with Crippen LogP contribution in [0.4, 0.5) is 34.1 Å². The molecule has 1 aromatic heterocycles. The van der Waals surface area contributed by atoms with E-state index >= 15 is 0 Å². The molecule has 0 N–H and O–H groups in total. The largest absolute Gasteiger partial charge is 0.455 e. The Kier molecular flexibility index (Phi) is 12.5. The number of benzene rings is 14. The molecule has 4 nitrogen and oxygen atoms in total. The van der Waals surface area contributed by atoms with Crippen LogP contribution in [0.1, 0.15) is 105 Å². The van der Waals surface area contributed by atoms with Crippen LogP contribution >= 0.6 is 11.6 Å². The molecular formula is C96H82ClN3O. The zero-order chi connectivity index (χ0) is 86.1. The average molecular weight is 1350 g/mol. The third-order valence-corrected chi connectivity index (χ3v) is 18.4. The maximum atomic E-state index is 10.3. The number of halogens is 1. The summed E-state index contributed by atoms with van der Waals surface area (Å²) in [6.07, 6.45) is 0. The zero-order valence-corrected chi connectivity index (χ0v) is 58.2. The summed E-state index contributed by atoms with van der Waals surface area (Å²) >= 11 is 7.25. The van der Waals surface area contributed by atoms with Gasteiger partial charge in [0.15, 0.2) is 5.75 Å². The van der Waals surface area contributed by atoms with Crippen molar-refractivity contribution in [1.82, 2.24) is 4.57 Å². The molecule has 0 aliphatic heterocycles. The number of aromatic nitrogens is 1. The molecule has 0 aliphatic rings. The van der Waals surface area contributed by atoms with Crippen LogP contribution in [0, 0.1) is 0 Å². The molecule has 15 aromatic rings. The number of nitrogens with zero attached hydrogens (tertiary/aromatic N) is 3. The van der Waals surface area contributed by atoms with Crippen LogP contribution in [-0.4, -0.2) is 4.57 Å². The van der Waals surface area contributed by atoms with E-state index in [2.05, 4.69) is 104 Å². The summed E-state index contributed by atoms with van der Waals surface area (Å²) in [7, 11) is 0. The highest BCUT2D eigenvalue weighted by molar-refractivity contribution is 6.31. The topological polar surface area (TPSA) is 20.6 Å². The molecule has 0 unspecified atom stereocenters. The van der Waals surface area contributed by atoms with E-state index in [0.29, 0.717) is 28.4 Å². The van der Waals surface area contributed by atoms with E-state index < -0.39 is 124 Å². The highest BCUT2D eigenvalue weighted by Gasteiger charge is 2.33. The molecule has 101 heavy (non-hydrogen) atoms. The Morgan fingerprint density at radius 2 is 0.802 bits per heavy atom. The summed E-state index contributed by atoms with van der Waals surface area (Å²) < 4.78 is 184. The van der Waals surface area contributed by atoms with Gasteiger partial charge >= 0.3 is 0 Å². The van der Waals surface area contributed by atoms with Crippen molar-refractivity contribution < 1.29 is 30.8 Å². The van der Waals surface area contributed by atoms with Crippen molar-refractivity contribution in [2.24, 2.45) is 0 Å². The summed E-state index contributed by atoms with van der Waals surface area (Å²) in [6.45, 7) is 19.2. The molecular weight excluding hydrogens is 1250 g/mol. The van der Waals surface area contributed by atoms with Gasteiger partial charge in [-0.25, -0.2) is 0 Å². The van der Waals surface area contributed by atoms with Crippen molar-refractivity contribution in [1.29, 1.82) is 0 Å². The van der Waals surface area contributed by atoms with Gasteiger partial charge in [0.25, 0.3) is 0 Å². The van der Waals surface area contributed by atoms with Gasteiger partial charge in [0.2, 0.25) is 0 Å². The summed E-state index contributed by atoms with van der Waals surface area (Å²) in [5.41, 5.74) is 9.08. The molecule has 0 saturated heterocycles. The highest BCUT2D eigenvalue weighted by atomic mass is 35.5. The van der Waals surface area contributed by atoms with Gasteiger partial charge in [-0.3, -0.25) is 0 Å². The number of para-hydroxylation sites is 1. The van der Waals surface area contributed by atoms with Crippen molar-refractivity contribution in [2.45, 2.75) is 78.6 Å². The van der Waals surface area contributed by atoms with Crippen molar-refractivity contribution >= 4 is 67.5 Å². The SMILES string of the molecule is [2H]c1cc(N(c2cc(N(c3ccc(-n4c5cc([2H])c([2H])c([2H])c5c5c([2H])c(-c6c([2H])c([2H])c([2H])c([2H])c6[2H])c([2H])c([2H])c54)cc3Oc3ccc(-c4c([2H])c([2H])c([2H])c([2H])c4[2H])cc3)c3c(-c4ccccc4)cc(C(C)(C)C)cc3-c3ccccc3)cc(C(C)(C)C)c2)c2c(-c3ccccc3)cc(C(C)(C)C)cc2-c2ccccc2)c([2H])c(Cl)c1[2H]. The molecule has 0 amide bonds. The van der Waals surface area contributed by atoms with E-state index in [1.54, 1.807) is 42.5 Å². The molecule has 14 aromatic carbocycles. The van der Waals surface area contributed by atoms with Crippen LogP contribution in [-0.2, 0) is 16.2 Å². The highest BCUT2D eigenvalue weighted by Crippen LogP contribution is 2.56. The van der Waals surface area contributed by atoms with Crippen molar-refractivity contribution in [3.63, 3.8) is 0 Å². The number of anilines is 6. The van der Waals surface area contributed by atoms with E-state index in [1.807, 2.05) is 132 Å². The molecule has 494 valence electrons. The second-order valence-corrected chi connectivity index (χ2v) is 28.5. The van der Waals surface area contributed by atoms with Crippen LogP contribution in [0.2, 0.25) is 5.02 Å². The Morgan fingerprint density at radius 1 is 0.337 bits per heavy atom. The Hall–Kier alpha value is -11.4. The van der Waals surface area contributed by atoms with Gasteiger partial charge in [-0.15, -0.1) is 0 Å². The van der Waals surface area contributed by atoms with E-state index in [-0.39, 0.29) is 79.0 Å². The lowest BCUT2D eigenvalue weighted by molar-refractivity contribution is 0.483.